The van der Waals surface area contributed by atoms with Crippen LogP contribution in [0.5, 0.6) is 0 Å². The SMILES string of the molecule is Fc1ccc2nn(-c3ccccc3)cc2c1. The average molecular weight is 212 g/mol. The molecule has 0 fully saturated rings. The predicted molar refractivity (Wildman–Crippen MR) is 61.0 cm³/mol. The highest BCUT2D eigenvalue weighted by atomic mass is 19.1. The van der Waals surface area contributed by atoms with Gasteiger partial charge in [0.2, 0.25) is 0 Å². The number of rotatable bonds is 1. The number of aromatic nitrogens is 2. The Balaban J connectivity index is 2.19. The lowest BCUT2D eigenvalue weighted by atomic mass is 10.2. The molecule has 3 aromatic rings. The normalized spacial score (nSPS) is 10.8. The van der Waals surface area contributed by atoms with Gasteiger partial charge in [-0.15, -0.1) is 0 Å². The molecule has 78 valence electrons. The quantitative estimate of drug-likeness (QED) is 0.605. The van der Waals surface area contributed by atoms with Crippen molar-refractivity contribution in [3.05, 3.63) is 60.5 Å². The molecule has 1 heterocycles. The molecule has 0 radical (unpaired) electrons. The summed E-state index contributed by atoms with van der Waals surface area (Å²) in [5.74, 6) is -0.236. The summed E-state index contributed by atoms with van der Waals surface area (Å²) in [5.41, 5.74) is 1.77. The predicted octanol–water partition coefficient (Wildman–Crippen LogP) is 3.16. The number of benzene rings is 2. The molecule has 0 unspecified atom stereocenters. The van der Waals surface area contributed by atoms with E-state index in [0.29, 0.717) is 0 Å². The second-order valence-corrected chi connectivity index (χ2v) is 3.61. The number of hydrogen-bond acceptors (Lipinski definition) is 1. The van der Waals surface area contributed by atoms with Crippen LogP contribution in [-0.4, -0.2) is 9.78 Å². The third-order valence-electron chi connectivity index (χ3n) is 2.49. The van der Waals surface area contributed by atoms with E-state index in [0.717, 1.165) is 16.6 Å². The molecule has 3 rings (SSSR count). The van der Waals surface area contributed by atoms with Crippen LogP contribution < -0.4 is 0 Å². The van der Waals surface area contributed by atoms with Crippen LogP contribution in [0, 0.1) is 5.82 Å². The van der Waals surface area contributed by atoms with Gasteiger partial charge in [0.15, 0.2) is 0 Å². The van der Waals surface area contributed by atoms with E-state index < -0.39 is 0 Å². The third-order valence-corrected chi connectivity index (χ3v) is 2.49. The van der Waals surface area contributed by atoms with Gasteiger partial charge in [-0.25, -0.2) is 9.07 Å². The molecule has 2 aromatic carbocycles. The van der Waals surface area contributed by atoms with E-state index in [2.05, 4.69) is 5.10 Å². The fraction of sp³-hybridized carbons (Fsp3) is 0. The van der Waals surface area contributed by atoms with E-state index in [1.807, 2.05) is 36.5 Å². The van der Waals surface area contributed by atoms with Crippen molar-refractivity contribution in [3.8, 4) is 5.69 Å². The maximum atomic E-state index is 13.0. The monoisotopic (exact) mass is 212 g/mol. The zero-order valence-electron chi connectivity index (χ0n) is 8.47. The summed E-state index contributed by atoms with van der Waals surface area (Å²) in [5, 5.41) is 5.18. The highest BCUT2D eigenvalue weighted by Crippen LogP contribution is 2.16. The van der Waals surface area contributed by atoms with Crippen LogP contribution in [0.15, 0.2) is 54.7 Å². The molecule has 0 N–H and O–H groups in total. The lowest BCUT2D eigenvalue weighted by molar-refractivity contribution is 0.630. The molecule has 0 aliphatic heterocycles. The Morgan fingerprint density at radius 3 is 2.62 bits per heavy atom. The standard InChI is InChI=1S/C13H9FN2/c14-11-6-7-13-10(8-11)9-16(15-13)12-4-2-1-3-5-12/h1-9H. The number of hydrogen-bond donors (Lipinski definition) is 0. The first-order chi connectivity index (χ1) is 7.83. The summed E-state index contributed by atoms with van der Waals surface area (Å²) >= 11 is 0. The van der Waals surface area contributed by atoms with Crippen molar-refractivity contribution in [2.24, 2.45) is 0 Å². The first-order valence-electron chi connectivity index (χ1n) is 5.03. The highest BCUT2D eigenvalue weighted by molar-refractivity contribution is 5.78. The minimum Gasteiger partial charge on any atom is -0.240 e. The van der Waals surface area contributed by atoms with Crippen LogP contribution in [0.1, 0.15) is 0 Å². The van der Waals surface area contributed by atoms with Gasteiger partial charge in [-0.1, -0.05) is 18.2 Å². The Labute approximate surface area is 91.9 Å². The second kappa shape index (κ2) is 3.45. The lowest BCUT2D eigenvalue weighted by Crippen LogP contribution is -1.92. The molecule has 0 amide bonds. The first kappa shape index (κ1) is 9.09. The largest absolute Gasteiger partial charge is 0.240 e. The summed E-state index contributed by atoms with van der Waals surface area (Å²) in [7, 11) is 0. The van der Waals surface area contributed by atoms with Crippen molar-refractivity contribution < 1.29 is 4.39 Å². The average Bonchev–Trinajstić information content (AvgIpc) is 2.73. The van der Waals surface area contributed by atoms with Crippen LogP contribution >= 0.6 is 0 Å². The van der Waals surface area contributed by atoms with E-state index in [-0.39, 0.29) is 5.82 Å². The van der Waals surface area contributed by atoms with Crippen LogP contribution in [0.2, 0.25) is 0 Å². The number of halogens is 1. The van der Waals surface area contributed by atoms with Crippen molar-refractivity contribution in [2.75, 3.05) is 0 Å². The van der Waals surface area contributed by atoms with Gasteiger partial charge >= 0.3 is 0 Å². The van der Waals surface area contributed by atoms with Gasteiger partial charge in [-0.05, 0) is 30.3 Å². The second-order valence-electron chi connectivity index (χ2n) is 3.61. The summed E-state index contributed by atoms with van der Waals surface area (Å²) in [6.45, 7) is 0. The maximum absolute atomic E-state index is 13.0. The van der Waals surface area contributed by atoms with Gasteiger partial charge in [0, 0.05) is 11.6 Å². The van der Waals surface area contributed by atoms with Crippen molar-refractivity contribution in [3.63, 3.8) is 0 Å². The molecule has 0 spiro atoms. The number of fused-ring (bicyclic) bond motifs is 1. The third kappa shape index (κ3) is 1.46. The molecular weight excluding hydrogens is 203 g/mol. The Bertz CT molecular complexity index is 629. The van der Waals surface area contributed by atoms with Crippen LogP contribution in [0.4, 0.5) is 4.39 Å². The molecule has 16 heavy (non-hydrogen) atoms. The zero-order valence-corrected chi connectivity index (χ0v) is 8.47. The Kier molecular flexibility index (Phi) is 1.96. The molecule has 1 aromatic heterocycles. The molecule has 0 aliphatic rings. The molecular formula is C13H9FN2. The zero-order chi connectivity index (χ0) is 11.0. The van der Waals surface area contributed by atoms with Crippen molar-refractivity contribution in [2.45, 2.75) is 0 Å². The van der Waals surface area contributed by atoms with E-state index in [1.165, 1.54) is 12.1 Å². The van der Waals surface area contributed by atoms with E-state index in [4.69, 9.17) is 0 Å². The smallest absolute Gasteiger partial charge is 0.124 e. The van der Waals surface area contributed by atoms with Gasteiger partial charge in [-0.2, -0.15) is 5.10 Å². The fourth-order valence-corrected chi connectivity index (χ4v) is 1.71. The molecule has 0 bridgehead atoms. The summed E-state index contributed by atoms with van der Waals surface area (Å²) in [6, 6.07) is 14.4. The van der Waals surface area contributed by atoms with Gasteiger partial charge in [0.05, 0.1) is 11.2 Å². The van der Waals surface area contributed by atoms with Gasteiger partial charge in [0.1, 0.15) is 5.82 Å². The molecule has 0 aliphatic carbocycles. The summed E-state index contributed by atoms with van der Waals surface area (Å²) < 4.78 is 14.8. The minimum absolute atomic E-state index is 0.236. The first-order valence-corrected chi connectivity index (χ1v) is 5.03. The Morgan fingerprint density at radius 2 is 1.81 bits per heavy atom. The van der Waals surface area contributed by atoms with Gasteiger partial charge in [-0.3, -0.25) is 0 Å². The molecule has 0 atom stereocenters. The van der Waals surface area contributed by atoms with E-state index in [9.17, 15) is 4.39 Å². The molecule has 2 nitrogen and oxygen atoms in total. The van der Waals surface area contributed by atoms with E-state index >= 15 is 0 Å². The van der Waals surface area contributed by atoms with Gasteiger partial charge in [0.25, 0.3) is 0 Å². The number of para-hydroxylation sites is 1. The highest BCUT2D eigenvalue weighted by Gasteiger charge is 2.02. The molecule has 0 saturated carbocycles. The summed E-state index contributed by atoms with van der Waals surface area (Å²) in [6.07, 6.45) is 1.83. The van der Waals surface area contributed by atoms with Crippen LogP contribution in [-0.2, 0) is 0 Å². The van der Waals surface area contributed by atoms with Crippen molar-refractivity contribution in [1.82, 2.24) is 9.78 Å². The van der Waals surface area contributed by atoms with Crippen molar-refractivity contribution in [1.29, 1.82) is 0 Å². The van der Waals surface area contributed by atoms with E-state index in [1.54, 1.807) is 10.7 Å². The Hall–Kier alpha value is -2.16. The molecule has 0 saturated heterocycles. The minimum atomic E-state index is -0.236. The molecule has 3 heteroatoms. The maximum Gasteiger partial charge on any atom is 0.124 e. The Morgan fingerprint density at radius 1 is 1.00 bits per heavy atom. The number of nitrogens with zero attached hydrogens (tertiary/aromatic N) is 2. The fourth-order valence-electron chi connectivity index (χ4n) is 1.71. The summed E-state index contributed by atoms with van der Waals surface area (Å²) in [4.78, 5) is 0. The van der Waals surface area contributed by atoms with Crippen LogP contribution in [0.25, 0.3) is 16.6 Å². The topological polar surface area (TPSA) is 17.8 Å². The van der Waals surface area contributed by atoms with Crippen LogP contribution in [0.3, 0.4) is 0 Å². The van der Waals surface area contributed by atoms with Gasteiger partial charge < -0.3 is 0 Å². The van der Waals surface area contributed by atoms with Crippen molar-refractivity contribution >= 4 is 10.9 Å². The lowest BCUT2D eigenvalue weighted by Gasteiger charge is -1.98.